The van der Waals surface area contributed by atoms with E-state index in [9.17, 15) is 4.79 Å². The Hall–Kier alpha value is -0.830. The summed E-state index contributed by atoms with van der Waals surface area (Å²) in [5, 5.41) is 6.46. The fourth-order valence-electron chi connectivity index (χ4n) is 2.47. The standard InChI is InChI=1S/C12H20N2O/c1-2-12(7-8-13-9-12)11(15)14-10-5-3-4-6-10/h3-4,10,13H,2,5-9H2,1H3,(H,14,15). The second-order valence-corrected chi connectivity index (χ2v) is 4.67. The highest BCUT2D eigenvalue weighted by atomic mass is 16.2. The lowest BCUT2D eigenvalue weighted by atomic mass is 9.83. The van der Waals surface area contributed by atoms with Crippen LogP contribution in [0.3, 0.4) is 0 Å². The van der Waals surface area contributed by atoms with Crippen molar-refractivity contribution < 1.29 is 4.79 Å². The van der Waals surface area contributed by atoms with Crippen molar-refractivity contribution in [1.29, 1.82) is 0 Å². The van der Waals surface area contributed by atoms with E-state index in [2.05, 4.69) is 29.7 Å². The Kier molecular flexibility index (Phi) is 3.10. The van der Waals surface area contributed by atoms with E-state index in [4.69, 9.17) is 0 Å². The van der Waals surface area contributed by atoms with Gasteiger partial charge in [0.15, 0.2) is 0 Å². The number of hydrogen-bond acceptors (Lipinski definition) is 2. The van der Waals surface area contributed by atoms with Gasteiger partial charge in [-0.15, -0.1) is 0 Å². The summed E-state index contributed by atoms with van der Waals surface area (Å²) in [5.74, 6) is 0.253. The Morgan fingerprint density at radius 3 is 2.80 bits per heavy atom. The first-order valence-electron chi connectivity index (χ1n) is 5.93. The maximum absolute atomic E-state index is 12.2. The minimum Gasteiger partial charge on any atom is -0.352 e. The average molecular weight is 208 g/mol. The number of hydrogen-bond donors (Lipinski definition) is 2. The number of amides is 1. The molecule has 0 saturated carbocycles. The molecule has 1 atom stereocenters. The smallest absolute Gasteiger partial charge is 0.227 e. The van der Waals surface area contributed by atoms with Crippen molar-refractivity contribution in [2.45, 2.75) is 38.6 Å². The van der Waals surface area contributed by atoms with Crippen LogP contribution in [-0.2, 0) is 4.79 Å². The predicted molar refractivity (Wildman–Crippen MR) is 60.5 cm³/mol. The van der Waals surface area contributed by atoms with E-state index < -0.39 is 0 Å². The number of nitrogens with one attached hydrogen (secondary N) is 2. The Morgan fingerprint density at radius 1 is 1.53 bits per heavy atom. The van der Waals surface area contributed by atoms with Gasteiger partial charge in [0.1, 0.15) is 0 Å². The van der Waals surface area contributed by atoms with E-state index in [-0.39, 0.29) is 11.3 Å². The molecular formula is C12H20N2O. The minimum atomic E-state index is -0.136. The van der Waals surface area contributed by atoms with Crippen LogP contribution in [0, 0.1) is 5.41 Å². The van der Waals surface area contributed by atoms with Gasteiger partial charge in [-0.25, -0.2) is 0 Å². The van der Waals surface area contributed by atoms with Crippen LogP contribution >= 0.6 is 0 Å². The molecule has 1 aliphatic carbocycles. The third-order valence-corrected chi connectivity index (χ3v) is 3.75. The number of carbonyl (C=O) groups is 1. The summed E-state index contributed by atoms with van der Waals surface area (Å²) < 4.78 is 0. The molecule has 15 heavy (non-hydrogen) atoms. The molecule has 0 aromatic carbocycles. The summed E-state index contributed by atoms with van der Waals surface area (Å²) >= 11 is 0. The molecule has 1 fully saturated rings. The maximum atomic E-state index is 12.2. The Balaban J connectivity index is 1.93. The van der Waals surface area contributed by atoms with Gasteiger partial charge in [0.2, 0.25) is 5.91 Å². The van der Waals surface area contributed by atoms with Gasteiger partial charge in [-0.05, 0) is 32.2 Å². The first-order chi connectivity index (χ1) is 7.27. The van der Waals surface area contributed by atoms with Crippen LogP contribution < -0.4 is 10.6 Å². The zero-order valence-electron chi connectivity index (χ0n) is 9.38. The lowest BCUT2D eigenvalue weighted by Gasteiger charge is -2.27. The molecule has 2 aliphatic rings. The predicted octanol–water partition coefficient (Wildman–Crippen LogP) is 1.21. The third kappa shape index (κ3) is 2.07. The molecule has 0 aromatic rings. The first-order valence-corrected chi connectivity index (χ1v) is 5.93. The van der Waals surface area contributed by atoms with E-state index in [0.29, 0.717) is 6.04 Å². The Morgan fingerprint density at radius 2 is 2.27 bits per heavy atom. The number of rotatable bonds is 3. The molecule has 2 rings (SSSR count). The fraction of sp³-hybridized carbons (Fsp3) is 0.750. The van der Waals surface area contributed by atoms with E-state index in [0.717, 1.165) is 38.8 Å². The molecule has 1 unspecified atom stereocenters. The van der Waals surface area contributed by atoms with Crippen LogP contribution in [0.15, 0.2) is 12.2 Å². The van der Waals surface area contributed by atoms with Gasteiger partial charge in [0, 0.05) is 12.6 Å². The topological polar surface area (TPSA) is 41.1 Å². The van der Waals surface area contributed by atoms with Gasteiger partial charge in [0.25, 0.3) is 0 Å². The highest BCUT2D eigenvalue weighted by Gasteiger charge is 2.39. The molecule has 1 aliphatic heterocycles. The van der Waals surface area contributed by atoms with Crippen molar-refractivity contribution in [1.82, 2.24) is 10.6 Å². The van der Waals surface area contributed by atoms with Crippen molar-refractivity contribution in [3.63, 3.8) is 0 Å². The molecule has 0 aromatic heterocycles. The highest BCUT2D eigenvalue weighted by Crippen LogP contribution is 2.30. The highest BCUT2D eigenvalue weighted by molar-refractivity contribution is 5.83. The summed E-state index contributed by atoms with van der Waals surface area (Å²) in [6.45, 7) is 3.93. The molecule has 0 radical (unpaired) electrons. The fourth-order valence-corrected chi connectivity index (χ4v) is 2.47. The van der Waals surface area contributed by atoms with Crippen LogP contribution in [0.2, 0.25) is 0 Å². The summed E-state index contributed by atoms with van der Waals surface area (Å²) in [4.78, 5) is 12.2. The van der Waals surface area contributed by atoms with E-state index >= 15 is 0 Å². The summed E-state index contributed by atoms with van der Waals surface area (Å²) in [5.41, 5.74) is -0.136. The van der Waals surface area contributed by atoms with Crippen LogP contribution in [-0.4, -0.2) is 25.0 Å². The molecule has 1 saturated heterocycles. The van der Waals surface area contributed by atoms with Crippen molar-refractivity contribution >= 4 is 5.91 Å². The monoisotopic (exact) mass is 208 g/mol. The molecule has 84 valence electrons. The second kappa shape index (κ2) is 4.35. The molecule has 0 bridgehead atoms. The van der Waals surface area contributed by atoms with Crippen molar-refractivity contribution in [3.05, 3.63) is 12.2 Å². The zero-order chi connectivity index (χ0) is 10.7. The van der Waals surface area contributed by atoms with Crippen molar-refractivity contribution in [2.75, 3.05) is 13.1 Å². The van der Waals surface area contributed by atoms with Gasteiger partial charge < -0.3 is 10.6 Å². The van der Waals surface area contributed by atoms with Gasteiger partial charge in [0.05, 0.1) is 5.41 Å². The maximum Gasteiger partial charge on any atom is 0.227 e. The molecule has 3 heteroatoms. The summed E-state index contributed by atoms with van der Waals surface area (Å²) in [7, 11) is 0. The first kappa shape index (κ1) is 10.7. The Labute approximate surface area is 91.3 Å². The van der Waals surface area contributed by atoms with Crippen LogP contribution in [0.25, 0.3) is 0 Å². The average Bonchev–Trinajstić information content (AvgIpc) is 2.87. The van der Waals surface area contributed by atoms with E-state index in [1.807, 2.05) is 0 Å². The van der Waals surface area contributed by atoms with Gasteiger partial charge in [-0.2, -0.15) is 0 Å². The largest absolute Gasteiger partial charge is 0.352 e. The van der Waals surface area contributed by atoms with Crippen LogP contribution in [0.5, 0.6) is 0 Å². The lowest BCUT2D eigenvalue weighted by Crippen LogP contribution is -2.45. The summed E-state index contributed by atoms with van der Waals surface area (Å²) in [6, 6.07) is 0.349. The van der Waals surface area contributed by atoms with E-state index in [1.165, 1.54) is 0 Å². The van der Waals surface area contributed by atoms with E-state index in [1.54, 1.807) is 0 Å². The van der Waals surface area contributed by atoms with Gasteiger partial charge >= 0.3 is 0 Å². The van der Waals surface area contributed by atoms with Crippen molar-refractivity contribution in [3.8, 4) is 0 Å². The van der Waals surface area contributed by atoms with Crippen LogP contribution in [0.1, 0.15) is 32.6 Å². The van der Waals surface area contributed by atoms with Crippen LogP contribution in [0.4, 0.5) is 0 Å². The minimum absolute atomic E-state index is 0.136. The normalized spacial score (nSPS) is 31.0. The molecule has 2 N–H and O–H groups in total. The second-order valence-electron chi connectivity index (χ2n) is 4.67. The molecule has 1 heterocycles. The van der Waals surface area contributed by atoms with Gasteiger partial charge in [-0.3, -0.25) is 4.79 Å². The number of carbonyl (C=O) groups excluding carboxylic acids is 1. The molecule has 0 spiro atoms. The SMILES string of the molecule is CCC1(C(=O)NC2CC=CC2)CCNC1. The molecule has 3 nitrogen and oxygen atoms in total. The third-order valence-electron chi connectivity index (χ3n) is 3.75. The Bertz CT molecular complexity index is 259. The summed E-state index contributed by atoms with van der Waals surface area (Å²) in [6.07, 6.45) is 8.21. The van der Waals surface area contributed by atoms with Crippen molar-refractivity contribution in [2.24, 2.45) is 5.41 Å². The van der Waals surface area contributed by atoms with Gasteiger partial charge in [-0.1, -0.05) is 19.1 Å². The quantitative estimate of drug-likeness (QED) is 0.684. The zero-order valence-corrected chi connectivity index (χ0v) is 9.38. The molecular weight excluding hydrogens is 188 g/mol. The molecule has 1 amide bonds. The lowest BCUT2D eigenvalue weighted by molar-refractivity contribution is -0.131.